The van der Waals surface area contributed by atoms with Gasteiger partial charge < -0.3 is 10.9 Å². The van der Waals surface area contributed by atoms with Crippen LogP contribution in [0, 0.1) is 11.0 Å². The molecule has 0 unspecified atom stereocenters. The molecular formula is C20H11Cl3FN3O. The smallest absolute Gasteiger partial charge is 0.253 e. The number of aromatic nitrogens is 2. The van der Waals surface area contributed by atoms with E-state index >= 15 is 0 Å². The molecule has 4 nitrogen and oxygen atoms in total. The fourth-order valence-electron chi connectivity index (χ4n) is 3.13. The quantitative estimate of drug-likeness (QED) is 0.316. The summed E-state index contributed by atoms with van der Waals surface area (Å²) >= 11 is 18.9. The van der Waals surface area contributed by atoms with Crippen molar-refractivity contribution in [3.63, 3.8) is 0 Å². The Morgan fingerprint density at radius 2 is 1.64 bits per heavy atom. The van der Waals surface area contributed by atoms with Crippen LogP contribution in [0.1, 0.15) is 0 Å². The van der Waals surface area contributed by atoms with Gasteiger partial charge >= 0.3 is 0 Å². The number of nitrogen functional groups attached to an aromatic ring is 1. The Kier molecular flexibility index (Phi) is 4.75. The van der Waals surface area contributed by atoms with Crippen LogP contribution >= 0.6 is 34.8 Å². The van der Waals surface area contributed by atoms with Crippen LogP contribution in [0.4, 0.5) is 10.2 Å². The van der Waals surface area contributed by atoms with E-state index in [1.54, 1.807) is 36.4 Å². The van der Waals surface area contributed by atoms with Crippen molar-refractivity contribution in [1.29, 1.82) is 0 Å². The molecule has 4 rings (SSSR count). The number of hydrogen-bond acceptors (Lipinski definition) is 3. The highest BCUT2D eigenvalue weighted by Gasteiger charge is 2.24. The van der Waals surface area contributed by atoms with Crippen LogP contribution < -0.4 is 10.5 Å². The van der Waals surface area contributed by atoms with Crippen molar-refractivity contribution < 1.29 is 9.12 Å². The molecule has 4 aromatic rings. The average Bonchev–Trinajstić information content (AvgIpc) is 2.62. The zero-order valence-corrected chi connectivity index (χ0v) is 16.4. The second-order valence-electron chi connectivity index (χ2n) is 6.07. The van der Waals surface area contributed by atoms with Gasteiger partial charge in [-0.1, -0.05) is 40.9 Å². The largest absolute Gasteiger partial charge is 0.618 e. The number of pyridine rings is 2. The molecule has 0 fully saturated rings. The molecule has 0 amide bonds. The first-order chi connectivity index (χ1) is 13.4. The molecule has 0 saturated carbocycles. The molecule has 0 aliphatic heterocycles. The number of fused-ring (bicyclic) bond motifs is 1. The predicted molar refractivity (Wildman–Crippen MR) is 111 cm³/mol. The minimum Gasteiger partial charge on any atom is -0.618 e. The van der Waals surface area contributed by atoms with Gasteiger partial charge in [0, 0.05) is 17.0 Å². The molecule has 0 bridgehead atoms. The lowest BCUT2D eigenvalue weighted by atomic mass is 9.99. The number of benzene rings is 2. The van der Waals surface area contributed by atoms with Crippen LogP contribution in [-0.4, -0.2) is 4.98 Å². The summed E-state index contributed by atoms with van der Waals surface area (Å²) in [5.41, 5.74) is 8.00. The Morgan fingerprint density at radius 1 is 0.929 bits per heavy atom. The highest BCUT2D eigenvalue weighted by Crippen LogP contribution is 2.40. The Morgan fingerprint density at radius 3 is 2.32 bits per heavy atom. The molecular weight excluding hydrogens is 424 g/mol. The first kappa shape index (κ1) is 18.7. The van der Waals surface area contributed by atoms with Gasteiger partial charge in [-0.3, -0.25) is 0 Å². The molecule has 28 heavy (non-hydrogen) atoms. The molecule has 8 heteroatoms. The fraction of sp³-hybridized carbons (Fsp3) is 0. The molecule has 2 heterocycles. The van der Waals surface area contributed by atoms with Crippen LogP contribution in [0.25, 0.3) is 33.3 Å². The van der Waals surface area contributed by atoms with Crippen LogP contribution in [-0.2, 0) is 0 Å². The molecule has 2 N–H and O–H groups in total. The SMILES string of the molecule is Nc1cc(-c2ccc(F)cc2Cl)c2cc[n+]([O-])c(-c3c(Cl)cccc3Cl)c2n1. The Labute approximate surface area is 174 Å². The zero-order valence-electron chi connectivity index (χ0n) is 14.1. The summed E-state index contributed by atoms with van der Waals surface area (Å²) in [6.07, 6.45) is 1.33. The molecule has 0 radical (unpaired) electrons. The summed E-state index contributed by atoms with van der Waals surface area (Å²) in [5, 5.41) is 14.1. The van der Waals surface area contributed by atoms with Crippen LogP contribution in [0.3, 0.4) is 0 Å². The molecule has 2 aromatic carbocycles. The van der Waals surface area contributed by atoms with Crippen LogP contribution in [0.15, 0.2) is 54.7 Å². The third-order valence-electron chi connectivity index (χ3n) is 4.32. The second-order valence-corrected chi connectivity index (χ2v) is 7.29. The van der Waals surface area contributed by atoms with Gasteiger partial charge in [0.25, 0.3) is 5.69 Å². The third kappa shape index (κ3) is 3.11. The van der Waals surface area contributed by atoms with Crippen molar-refractivity contribution in [1.82, 2.24) is 4.98 Å². The lowest BCUT2D eigenvalue weighted by molar-refractivity contribution is -0.592. The summed E-state index contributed by atoms with van der Waals surface area (Å²) in [7, 11) is 0. The summed E-state index contributed by atoms with van der Waals surface area (Å²) < 4.78 is 14.1. The van der Waals surface area contributed by atoms with Gasteiger partial charge in [-0.2, -0.15) is 4.73 Å². The lowest BCUT2D eigenvalue weighted by Crippen LogP contribution is -2.29. The normalized spacial score (nSPS) is 11.1. The first-order valence-corrected chi connectivity index (χ1v) is 9.22. The standard InChI is InChI=1S/C20H11Cl3FN3O/c21-14-2-1-3-15(22)18(14)20-19-12(6-7-27(20)28)13(9-17(25)26-19)11-5-4-10(24)8-16(11)23/h1-9H,(H2,25,26). The number of rotatable bonds is 2. The van der Waals surface area contributed by atoms with Crippen molar-refractivity contribution in [2.75, 3.05) is 5.73 Å². The van der Waals surface area contributed by atoms with Crippen LogP contribution in [0.2, 0.25) is 15.1 Å². The van der Waals surface area contributed by atoms with Crippen molar-refractivity contribution in [2.45, 2.75) is 0 Å². The van der Waals surface area contributed by atoms with Gasteiger partial charge in [0.2, 0.25) is 0 Å². The van der Waals surface area contributed by atoms with Gasteiger partial charge in [0.1, 0.15) is 17.2 Å². The Balaban J connectivity index is 2.13. The van der Waals surface area contributed by atoms with Crippen molar-refractivity contribution >= 4 is 51.5 Å². The van der Waals surface area contributed by atoms with Gasteiger partial charge in [-0.05, 0) is 42.0 Å². The molecule has 2 aromatic heterocycles. The third-order valence-corrected chi connectivity index (χ3v) is 5.26. The summed E-state index contributed by atoms with van der Waals surface area (Å²) in [5.74, 6) is -0.292. The zero-order chi connectivity index (χ0) is 20.0. The molecule has 140 valence electrons. The molecule has 0 aliphatic carbocycles. The maximum atomic E-state index is 13.5. The Hall–Kier alpha value is -2.60. The maximum Gasteiger partial charge on any atom is 0.253 e. The highest BCUT2D eigenvalue weighted by atomic mass is 35.5. The van der Waals surface area contributed by atoms with Gasteiger partial charge in [-0.25, -0.2) is 9.37 Å². The minimum atomic E-state index is -0.457. The second kappa shape index (κ2) is 7.09. The first-order valence-electron chi connectivity index (χ1n) is 8.09. The van der Waals surface area contributed by atoms with Crippen LogP contribution in [0.5, 0.6) is 0 Å². The topological polar surface area (TPSA) is 65.8 Å². The molecule has 0 spiro atoms. The fourth-order valence-corrected chi connectivity index (χ4v) is 3.97. The molecule has 0 saturated heterocycles. The van der Waals surface area contributed by atoms with E-state index in [0.717, 1.165) is 0 Å². The maximum absolute atomic E-state index is 13.5. The average molecular weight is 435 g/mol. The number of halogens is 4. The van der Waals surface area contributed by atoms with Gasteiger partial charge in [0.05, 0.1) is 20.6 Å². The highest BCUT2D eigenvalue weighted by molar-refractivity contribution is 6.39. The number of anilines is 1. The minimum absolute atomic E-state index is 0.165. The number of nitrogens with zero attached hydrogens (tertiary/aromatic N) is 2. The molecule has 0 atom stereocenters. The van der Waals surface area contributed by atoms with E-state index in [2.05, 4.69) is 4.98 Å². The van der Waals surface area contributed by atoms with Gasteiger partial charge in [0.15, 0.2) is 6.20 Å². The number of nitrogens with two attached hydrogens (primary N) is 1. The Bertz CT molecular complexity index is 1230. The predicted octanol–water partition coefficient (Wildman–Crippen LogP) is 5.88. The summed E-state index contributed by atoms with van der Waals surface area (Å²) in [4.78, 5) is 4.35. The van der Waals surface area contributed by atoms with Gasteiger partial charge in [-0.15, -0.1) is 0 Å². The van der Waals surface area contributed by atoms with E-state index in [0.29, 0.717) is 42.4 Å². The van der Waals surface area contributed by atoms with E-state index in [1.807, 2.05) is 0 Å². The molecule has 0 aliphatic rings. The van der Waals surface area contributed by atoms with E-state index in [1.165, 1.54) is 18.3 Å². The monoisotopic (exact) mass is 433 g/mol. The van der Waals surface area contributed by atoms with Crippen molar-refractivity contribution in [3.05, 3.63) is 80.8 Å². The summed E-state index contributed by atoms with van der Waals surface area (Å²) in [6.45, 7) is 0. The summed E-state index contributed by atoms with van der Waals surface area (Å²) in [6, 6.07) is 12.2. The van der Waals surface area contributed by atoms with Crippen molar-refractivity contribution in [2.24, 2.45) is 0 Å². The van der Waals surface area contributed by atoms with E-state index in [-0.39, 0.29) is 16.5 Å². The van der Waals surface area contributed by atoms with E-state index in [9.17, 15) is 9.60 Å². The number of hydrogen-bond donors (Lipinski definition) is 1. The lowest BCUT2D eigenvalue weighted by Gasteiger charge is -2.14. The van der Waals surface area contributed by atoms with E-state index in [4.69, 9.17) is 40.5 Å². The van der Waals surface area contributed by atoms with E-state index < -0.39 is 5.82 Å². The van der Waals surface area contributed by atoms with Crippen molar-refractivity contribution in [3.8, 4) is 22.4 Å².